The summed E-state index contributed by atoms with van der Waals surface area (Å²) in [5.74, 6) is -1.21. The topological polar surface area (TPSA) is 86.8 Å². The Bertz CT molecular complexity index is 1400. The van der Waals surface area contributed by atoms with E-state index in [-0.39, 0.29) is 49.5 Å². The number of sulfonamides is 1. The average molecular weight is 647 g/mol. The number of nitrogens with one attached hydrogen (secondary N) is 1. The van der Waals surface area contributed by atoms with E-state index in [1.165, 1.54) is 18.2 Å². The summed E-state index contributed by atoms with van der Waals surface area (Å²) in [6.45, 7) is 4.01. The summed E-state index contributed by atoms with van der Waals surface area (Å²) in [7, 11) is -3.80. The molecule has 0 aliphatic carbocycles. The Morgan fingerprint density at radius 1 is 0.951 bits per heavy atom. The minimum atomic E-state index is -3.80. The third-order valence-corrected chi connectivity index (χ3v) is 8.52. The van der Waals surface area contributed by atoms with Crippen LogP contribution in [0.2, 0.25) is 0 Å². The molecule has 0 unspecified atom stereocenters. The van der Waals surface area contributed by atoms with Gasteiger partial charge in [0, 0.05) is 36.4 Å². The zero-order chi connectivity index (χ0) is 30.0. The summed E-state index contributed by atoms with van der Waals surface area (Å²) >= 11 is 3.43. The van der Waals surface area contributed by atoms with Crippen molar-refractivity contribution in [3.8, 4) is 0 Å². The molecule has 10 heteroatoms. The molecule has 0 saturated carbocycles. The van der Waals surface area contributed by atoms with Crippen molar-refractivity contribution in [2.45, 2.75) is 58.2 Å². The first-order valence-corrected chi connectivity index (χ1v) is 16.2. The Morgan fingerprint density at radius 2 is 1.59 bits per heavy atom. The molecular formula is C31H37BrFN3O4S. The van der Waals surface area contributed by atoms with Gasteiger partial charge in [0.2, 0.25) is 21.8 Å². The van der Waals surface area contributed by atoms with E-state index in [2.05, 4.69) is 21.2 Å². The minimum Gasteiger partial charge on any atom is -0.352 e. The molecule has 1 N–H and O–H groups in total. The van der Waals surface area contributed by atoms with E-state index in [1.807, 2.05) is 68.4 Å². The Morgan fingerprint density at radius 3 is 2.20 bits per heavy atom. The van der Waals surface area contributed by atoms with Gasteiger partial charge in [-0.05, 0) is 55.2 Å². The number of halogens is 2. The molecule has 0 aliphatic rings. The quantitative estimate of drug-likeness (QED) is 0.244. The second-order valence-electron chi connectivity index (χ2n) is 10.1. The fourth-order valence-corrected chi connectivity index (χ4v) is 5.65. The summed E-state index contributed by atoms with van der Waals surface area (Å²) in [4.78, 5) is 29.0. The molecule has 0 radical (unpaired) electrons. The lowest BCUT2D eigenvalue weighted by Gasteiger charge is -2.32. The summed E-state index contributed by atoms with van der Waals surface area (Å²) in [6.07, 6.45) is 2.18. The molecule has 0 heterocycles. The maximum Gasteiger partial charge on any atom is 0.243 e. The van der Waals surface area contributed by atoms with Crippen molar-refractivity contribution in [3.63, 3.8) is 0 Å². The lowest BCUT2D eigenvalue weighted by molar-refractivity contribution is -0.141. The molecule has 0 fully saturated rings. The predicted octanol–water partition coefficient (Wildman–Crippen LogP) is 5.69. The standard InChI is InChI=1S/C31H37BrFN3O4S/c1-4-23(2)34-31(38)29(21-24-11-6-5-7-12-24)35(22-25-16-18-26(32)19-17-25)30(37)15-10-20-36(41(3,39)40)28-14-9-8-13-27(28)33/h5-9,11-14,16-19,23,29H,4,10,15,20-22H2,1-3H3,(H,34,38)/t23-,29+/m1/s1. The Hall–Kier alpha value is -3.24. The van der Waals surface area contributed by atoms with Crippen molar-refractivity contribution in [1.82, 2.24) is 10.2 Å². The first-order valence-electron chi connectivity index (χ1n) is 13.6. The van der Waals surface area contributed by atoms with Crippen LogP contribution in [0, 0.1) is 5.82 Å². The third-order valence-electron chi connectivity index (χ3n) is 6.81. The van der Waals surface area contributed by atoms with E-state index >= 15 is 0 Å². The molecule has 3 rings (SSSR count). The second kappa shape index (κ2) is 15.1. The van der Waals surface area contributed by atoms with E-state index in [9.17, 15) is 22.4 Å². The maximum atomic E-state index is 14.5. The third kappa shape index (κ3) is 9.67. The number of rotatable bonds is 14. The van der Waals surface area contributed by atoms with Crippen LogP contribution in [-0.2, 0) is 32.6 Å². The van der Waals surface area contributed by atoms with E-state index in [0.717, 1.165) is 32.6 Å². The number of benzene rings is 3. The number of hydrogen-bond donors (Lipinski definition) is 1. The van der Waals surface area contributed by atoms with Crippen LogP contribution < -0.4 is 9.62 Å². The highest BCUT2D eigenvalue weighted by Gasteiger charge is 2.31. The molecule has 2 amide bonds. The lowest BCUT2D eigenvalue weighted by Crippen LogP contribution is -2.52. The SMILES string of the molecule is CC[C@@H](C)NC(=O)[C@H](Cc1ccccc1)N(Cc1ccc(Br)cc1)C(=O)CCCN(c1ccccc1F)S(C)(=O)=O. The van der Waals surface area contributed by atoms with Crippen LogP contribution in [0.4, 0.5) is 10.1 Å². The number of para-hydroxylation sites is 1. The monoisotopic (exact) mass is 645 g/mol. The van der Waals surface area contributed by atoms with Crippen molar-refractivity contribution < 1.29 is 22.4 Å². The average Bonchev–Trinajstić information content (AvgIpc) is 2.94. The van der Waals surface area contributed by atoms with Gasteiger partial charge in [0.05, 0.1) is 11.9 Å². The van der Waals surface area contributed by atoms with Gasteiger partial charge in [-0.2, -0.15) is 0 Å². The van der Waals surface area contributed by atoms with Crippen LogP contribution in [-0.4, -0.2) is 50.0 Å². The van der Waals surface area contributed by atoms with E-state index in [4.69, 9.17) is 0 Å². The van der Waals surface area contributed by atoms with Crippen LogP contribution in [0.5, 0.6) is 0 Å². The highest BCUT2D eigenvalue weighted by Crippen LogP contribution is 2.23. The number of nitrogens with zero attached hydrogens (tertiary/aromatic N) is 2. The van der Waals surface area contributed by atoms with Crippen molar-refractivity contribution in [2.75, 3.05) is 17.1 Å². The molecular weight excluding hydrogens is 609 g/mol. The zero-order valence-corrected chi connectivity index (χ0v) is 26.0. The number of hydrogen-bond acceptors (Lipinski definition) is 4. The number of anilines is 1. The largest absolute Gasteiger partial charge is 0.352 e. The van der Waals surface area contributed by atoms with Crippen LogP contribution in [0.25, 0.3) is 0 Å². The molecule has 3 aromatic carbocycles. The van der Waals surface area contributed by atoms with Gasteiger partial charge in [-0.1, -0.05) is 77.5 Å². The molecule has 41 heavy (non-hydrogen) atoms. The van der Waals surface area contributed by atoms with Crippen molar-refractivity contribution >= 4 is 43.5 Å². The Balaban J connectivity index is 1.89. The summed E-state index contributed by atoms with van der Waals surface area (Å²) in [5.41, 5.74) is 1.69. The van der Waals surface area contributed by atoms with Crippen molar-refractivity contribution in [3.05, 3.63) is 100 Å². The number of carbonyl (C=O) groups excluding carboxylic acids is 2. The number of amides is 2. The first-order chi connectivity index (χ1) is 19.5. The normalized spacial score (nSPS) is 12.8. The summed E-state index contributed by atoms with van der Waals surface area (Å²) in [6, 6.07) is 21.8. The fraction of sp³-hybridized carbons (Fsp3) is 0.355. The molecule has 0 bridgehead atoms. The van der Waals surface area contributed by atoms with Crippen molar-refractivity contribution in [2.24, 2.45) is 0 Å². The van der Waals surface area contributed by atoms with Gasteiger partial charge in [-0.15, -0.1) is 0 Å². The van der Waals surface area contributed by atoms with Gasteiger partial charge in [0.1, 0.15) is 11.9 Å². The van der Waals surface area contributed by atoms with Crippen LogP contribution in [0.15, 0.2) is 83.3 Å². The molecule has 0 aliphatic heterocycles. The van der Waals surface area contributed by atoms with Gasteiger partial charge < -0.3 is 10.2 Å². The zero-order valence-electron chi connectivity index (χ0n) is 23.6. The van der Waals surface area contributed by atoms with E-state index in [0.29, 0.717) is 6.42 Å². The molecule has 3 aromatic rings. The van der Waals surface area contributed by atoms with Crippen LogP contribution >= 0.6 is 15.9 Å². The minimum absolute atomic E-state index is 0.0289. The molecule has 2 atom stereocenters. The Labute approximate surface area is 250 Å². The van der Waals surface area contributed by atoms with Gasteiger partial charge in [-0.3, -0.25) is 13.9 Å². The van der Waals surface area contributed by atoms with E-state index in [1.54, 1.807) is 11.0 Å². The van der Waals surface area contributed by atoms with Gasteiger partial charge >= 0.3 is 0 Å². The van der Waals surface area contributed by atoms with Crippen LogP contribution in [0.1, 0.15) is 44.2 Å². The lowest BCUT2D eigenvalue weighted by atomic mass is 10.0. The molecule has 7 nitrogen and oxygen atoms in total. The molecule has 0 saturated heterocycles. The van der Waals surface area contributed by atoms with Gasteiger partial charge in [0.15, 0.2) is 0 Å². The summed E-state index contributed by atoms with van der Waals surface area (Å²) in [5, 5.41) is 3.03. The highest BCUT2D eigenvalue weighted by molar-refractivity contribution is 9.10. The predicted molar refractivity (Wildman–Crippen MR) is 164 cm³/mol. The van der Waals surface area contributed by atoms with Gasteiger partial charge in [-0.25, -0.2) is 12.8 Å². The first kappa shape index (κ1) is 32.3. The van der Waals surface area contributed by atoms with Crippen molar-refractivity contribution in [1.29, 1.82) is 0 Å². The van der Waals surface area contributed by atoms with Gasteiger partial charge in [0.25, 0.3) is 0 Å². The highest BCUT2D eigenvalue weighted by atomic mass is 79.9. The Kier molecular flexibility index (Phi) is 11.9. The second-order valence-corrected chi connectivity index (χ2v) is 12.9. The molecule has 0 spiro atoms. The van der Waals surface area contributed by atoms with Crippen LogP contribution in [0.3, 0.4) is 0 Å². The summed E-state index contributed by atoms with van der Waals surface area (Å²) < 4.78 is 41.3. The fourth-order valence-electron chi connectivity index (χ4n) is 4.42. The molecule has 220 valence electrons. The number of carbonyl (C=O) groups is 2. The maximum absolute atomic E-state index is 14.5. The molecule has 0 aromatic heterocycles. The van der Waals surface area contributed by atoms with E-state index < -0.39 is 21.9 Å². The smallest absolute Gasteiger partial charge is 0.243 e.